The number of hydrogen-bond donors (Lipinski definition) is 1. The lowest BCUT2D eigenvalue weighted by molar-refractivity contribution is 0.171. The maximum atomic E-state index is 10.5. The van der Waals surface area contributed by atoms with Crippen molar-refractivity contribution in [2.24, 2.45) is 0 Å². The molecule has 1 aromatic carbocycles. The first-order valence-corrected chi connectivity index (χ1v) is 7.88. The highest BCUT2D eigenvalue weighted by Gasteiger charge is 2.20. The minimum absolute atomic E-state index is 0.394. The highest BCUT2D eigenvalue weighted by Crippen LogP contribution is 2.32. The van der Waals surface area contributed by atoms with Crippen LogP contribution in [0.1, 0.15) is 30.0 Å². The van der Waals surface area contributed by atoms with Gasteiger partial charge in [-0.2, -0.15) is 5.10 Å². The number of aryl methyl sites for hydroxylation is 2. The highest BCUT2D eigenvalue weighted by molar-refractivity contribution is 9.10. The Hall–Kier alpha value is -1.04. The second-order valence-electron chi connectivity index (χ2n) is 4.77. The average Bonchev–Trinajstić information content (AvgIpc) is 2.74. The van der Waals surface area contributed by atoms with Crippen LogP contribution in [0.15, 0.2) is 22.7 Å². The molecule has 114 valence electrons. The van der Waals surface area contributed by atoms with Gasteiger partial charge in [0.05, 0.1) is 29.6 Å². The maximum absolute atomic E-state index is 10.5. The Morgan fingerprint density at radius 2 is 2.19 bits per heavy atom. The topological polar surface area (TPSA) is 47.3 Å². The van der Waals surface area contributed by atoms with Crippen LogP contribution in [-0.4, -0.2) is 22.0 Å². The van der Waals surface area contributed by atoms with Gasteiger partial charge in [0.1, 0.15) is 5.75 Å². The summed E-state index contributed by atoms with van der Waals surface area (Å²) in [6.45, 7) is 4.58. The molecular formula is C15H18BrClN2O2. The minimum atomic E-state index is -0.702. The SMILES string of the molecule is CCn1nc(C)c(Cl)c1CC(O)c1ccc(Br)cc1OC. The van der Waals surface area contributed by atoms with Crippen molar-refractivity contribution in [3.05, 3.63) is 44.6 Å². The zero-order valence-corrected chi connectivity index (χ0v) is 14.6. The molecule has 0 aliphatic rings. The highest BCUT2D eigenvalue weighted by atomic mass is 79.9. The number of halogens is 2. The molecule has 1 aromatic heterocycles. The molecule has 2 rings (SSSR count). The second kappa shape index (κ2) is 6.81. The van der Waals surface area contributed by atoms with Gasteiger partial charge >= 0.3 is 0 Å². The van der Waals surface area contributed by atoms with Gasteiger partial charge < -0.3 is 9.84 Å². The molecule has 1 heterocycles. The largest absolute Gasteiger partial charge is 0.496 e. The van der Waals surface area contributed by atoms with Crippen LogP contribution in [0.25, 0.3) is 0 Å². The van der Waals surface area contributed by atoms with Crippen LogP contribution in [0.2, 0.25) is 5.02 Å². The third-order valence-corrected chi connectivity index (χ3v) is 4.38. The molecular weight excluding hydrogens is 356 g/mol. The van der Waals surface area contributed by atoms with Crippen molar-refractivity contribution < 1.29 is 9.84 Å². The van der Waals surface area contributed by atoms with E-state index < -0.39 is 6.10 Å². The third-order valence-electron chi connectivity index (χ3n) is 3.39. The second-order valence-corrected chi connectivity index (χ2v) is 6.06. The van der Waals surface area contributed by atoms with Gasteiger partial charge in [0.15, 0.2) is 0 Å². The lowest BCUT2D eigenvalue weighted by Crippen LogP contribution is -2.09. The zero-order valence-electron chi connectivity index (χ0n) is 12.2. The summed E-state index contributed by atoms with van der Waals surface area (Å²) in [6.07, 6.45) is -0.308. The third kappa shape index (κ3) is 3.42. The van der Waals surface area contributed by atoms with Gasteiger partial charge in [-0.15, -0.1) is 0 Å². The summed E-state index contributed by atoms with van der Waals surface area (Å²) in [6, 6.07) is 5.56. The van der Waals surface area contributed by atoms with E-state index in [2.05, 4.69) is 21.0 Å². The van der Waals surface area contributed by atoms with Crippen LogP contribution in [0.3, 0.4) is 0 Å². The van der Waals surface area contributed by atoms with E-state index in [0.717, 1.165) is 21.4 Å². The average molecular weight is 374 g/mol. The molecule has 0 bridgehead atoms. The van der Waals surface area contributed by atoms with E-state index >= 15 is 0 Å². The smallest absolute Gasteiger partial charge is 0.125 e. The van der Waals surface area contributed by atoms with Crippen molar-refractivity contribution in [1.29, 1.82) is 0 Å². The van der Waals surface area contributed by atoms with Crippen LogP contribution in [0.4, 0.5) is 0 Å². The van der Waals surface area contributed by atoms with E-state index in [0.29, 0.717) is 23.7 Å². The standard InChI is InChI=1S/C15H18BrClN2O2/c1-4-19-12(15(17)9(2)18-19)8-13(20)11-6-5-10(16)7-14(11)21-3/h5-7,13,20H,4,8H2,1-3H3. The summed E-state index contributed by atoms with van der Waals surface area (Å²) in [5, 5.41) is 15.5. The maximum Gasteiger partial charge on any atom is 0.125 e. The number of ether oxygens (including phenoxy) is 1. The summed E-state index contributed by atoms with van der Waals surface area (Å²) in [5.74, 6) is 0.646. The fraction of sp³-hybridized carbons (Fsp3) is 0.400. The molecule has 1 atom stereocenters. The number of aliphatic hydroxyl groups excluding tert-OH is 1. The van der Waals surface area contributed by atoms with E-state index in [4.69, 9.17) is 16.3 Å². The number of aliphatic hydroxyl groups is 1. The molecule has 0 amide bonds. The van der Waals surface area contributed by atoms with Crippen LogP contribution in [0, 0.1) is 6.92 Å². The fourth-order valence-electron chi connectivity index (χ4n) is 2.32. The number of benzene rings is 1. The molecule has 1 N–H and O–H groups in total. The normalized spacial score (nSPS) is 12.5. The molecule has 0 saturated carbocycles. The molecule has 0 radical (unpaired) electrons. The minimum Gasteiger partial charge on any atom is -0.496 e. The predicted octanol–water partition coefficient (Wildman–Crippen LogP) is 3.91. The first-order chi connectivity index (χ1) is 9.97. The molecule has 4 nitrogen and oxygen atoms in total. The fourth-order valence-corrected chi connectivity index (χ4v) is 2.87. The number of nitrogens with zero attached hydrogens (tertiary/aromatic N) is 2. The van der Waals surface area contributed by atoms with Crippen LogP contribution in [-0.2, 0) is 13.0 Å². The first kappa shape index (κ1) is 16.3. The number of rotatable bonds is 5. The molecule has 0 spiro atoms. The Bertz CT molecular complexity index is 643. The molecule has 21 heavy (non-hydrogen) atoms. The van der Waals surface area contributed by atoms with Crippen molar-refractivity contribution in [2.45, 2.75) is 32.9 Å². The van der Waals surface area contributed by atoms with Crippen molar-refractivity contribution in [2.75, 3.05) is 7.11 Å². The molecule has 6 heteroatoms. The van der Waals surface area contributed by atoms with E-state index in [-0.39, 0.29) is 0 Å². The summed E-state index contributed by atoms with van der Waals surface area (Å²) in [7, 11) is 1.59. The van der Waals surface area contributed by atoms with Crippen molar-refractivity contribution in [1.82, 2.24) is 9.78 Å². The van der Waals surface area contributed by atoms with Crippen molar-refractivity contribution in [3.8, 4) is 5.75 Å². The van der Waals surface area contributed by atoms with Gasteiger partial charge in [0.25, 0.3) is 0 Å². The van der Waals surface area contributed by atoms with E-state index in [1.54, 1.807) is 7.11 Å². The monoisotopic (exact) mass is 372 g/mol. The molecule has 1 unspecified atom stereocenters. The molecule has 0 aliphatic heterocycles. The van der Waals surface area contributed by atoms with Crippen LogP contribution >= 0.6 is 27.5 Å². The van der Waals surface area contributed by atoms with Gasteiger partial charge in [-0.05, 0) is 26.0 Å². The summed E-state index contributed by atoms with van der Waals surface area (Å²) >= 11 is 9.68. The summed E-state index contributed by atoms with van der Waals surface area (Å²) in [4.78, 5) is 0. The Morgan fingerprint density at radius 1 is 1.48 bits per heavy atom. The molecule has 0 fully saturated rings. The lowest BCUT2D eigenvalue weighted by atomic mass is 10.0. The molecule has 2 aromatic rings. The Balaban J connectivity index is 2.32. The van der Waals surface area contributed by atoms with Gasteiger partial charge in [0.2, 0.25) is 0 Å². The first-order valence-electron chi connectivity index (χ1n) is 6.71. The number of methoxy groups -OCH3 is 1. The summed E-state index contributed by atoms with van der Waals surface area (Å²) < 4.78 is 8.06. The quantitative estimate of drug-likeness (QED) is 0.864. The van der Waals surface area contributed by atoms with Crippen molar-refractivity contribution >= 4 is 27.5 Å². The van der Waals surface area contributed by atoms with Gasteiger partial charge in [-0.3, -0.25) is 4.68 Å². The van der Waals surface area contributed by atoms with Crippen molar-refractivity contribution in [3.63, 3.8) is 0 Å². The van der Waals surface area contributed by atoms with Gasteiger partial charge in [0, 0.05) is 23.0 Å². The molecule has 0 saturated heterocycles. The summed E-state index contributed by atoms with van der Waals surface area (Å²) in [5.41, 5.74) is 2.36. The molecule has 0 aliphatic carbocycles. The van der Waals surface area contributed by atoms with Crippen LogP contribution in [0.5, 0.6) is 5.75 Å². The number of aromatic nitrogens is 2. The predicted molar refractivity (Wildman–Crippen MR) is 87.0 cm³/mol. The Kier molecular flexibility index (Phi) is 5.30. The lowest BCUT2D eigenvalue weighted by Gasteiger charge is -2.16. The Morgan fingerprint density at radius 3 is 2.81 bits per heavy atom. The van der Waals surface area contributed by atoms with Gasteiger partial charge in [-0.25, -0.2) is 0 Å². The van der Waals surface area contributed by atoms with Crippen LogP contribution < -0.4 is 4.74 Å². The van der Waals surface area contributed by atoms with E-state index in [1.807, 2.05) is 36.7 Å². The number of hydrogen-bond acceptors (Lipinski definition) is 3. The Labute approximate surface area is 137 Å². The van der Waals surface area contributed by atoms with E-state index in [1.165, 1.54) is 0 Å². The van der Waals surface area contributed by atoms with Gasteiger partial charge in [-0.1, -0.05) is 33.6 Å². The zero-order chi connectivity index (χ0) is 15.6. The van der Waals surface area contributed by atoms with E-state index in [9.17, 15) is 5.11 Å².